The molecule has 0 unspecified atom stereocenters. The molecule has 1 heterocycles. The number of oxazole rings is 1. The molecule has 6 heteroatoms. The molecule has 19 heavy (non-hydrogen) atoms. The first kappa shape index (κ1) is 11.9. The van der Waals surface area contributed by atoms with Crippen LogP contribution in [0.5, 0.6) is 0 Å². The van der Waals surface area contributed by atoms with E-state index in [2.05, 4.69) is 4.98 Å². The van der Waals surface area contributed by atoms with Crippen LogP contribution in [0.25, 0.3) is 11.1 Å². The number of hydrogen-bond donors (Lipinski definition) is 2. The Hall–Kier alpha value is -2.21. The molecule has 4 nitrogen and oxygen atoms in total. The number of halogens is 1. The van der Waals surface area contributed by atoms with Crippen LogP contribution in [0.1, 0.15) is 0 Å². The van der Waals surface area contributed by atoms with Gasteiger partial charge < -0.3 is 10.2 Å². The fraction of sp³-hybridized carbons (Fsp3) is 0. The van der Waals surface area contributed by atoms with E-state index in [1.807, 2.05) is 0 Å². The van der Waals surface area contributed by atoms with Crippen molar-refractivity contribution < 1.29 is 8.81 Å². The van der Waals surface area contributed by atoms with Crippen LogP contribution in [-0.2, 0) is 0 Å². The maximum atomic E-state index is 13.6. The molecule has 0 aliphatic carbocycles. The summed E-state index contributed by atoms with van der Waals surface area (Å²) in [5, 5.41) is 0. The highest BCUT2D eigenvalue weighted by atomic mass is 32.2. The molecule has 1 aromatic heterocycles. The number of benzene rings is 2. The van der Waals surface area contributed by atoms with Gasteiger partial charge in [0.1, 0.15) is 5.82 Å². The Kier molecular flexibility index (Phi) is 2.79. The van der Waals surface area contributed by atoms with Crippen molar-refractivity contribution in [2.75, 3.05) is 5.73 Å². The molecule has 0 aliphatic rings. The molecular formula is C13H9FN2O2S. The first-order chi connectivity index (χ1) is 9.13. The highest BCUT2D eigenvalue weighted by Crippen LogP contribution is 2.35. The molecule has 0 radical (unpaired) electrons. The van der Waals surface area contributed by atoms with Gasteiger partial charge in [0, 0.05) is 21.5 Å². The minimum Gasteiger partial charge on any atom is -0.408 e. The van der Waals surface area contributed by atoms with Crippen LogP contribution in [0.2, 0.25) is 0 Å². The topological polar surface area (TPSA) is 72.0 Å². The molecule has 3 aromatic rings. The zero-order valence-electron chi connectivity index (χ0n) is 9.64. The van der Waals surface area contributed by atoms with Crippen LogP contribution in [0.3, 0.4) is 0 Å². The van der Waals surface area contributed by atoms with E-state index < -0.39 is 5.76 Å². The summed E-state index contributed by atoms with van der Waals surface area (Å²) in [4.78, 5) is 14.8. The third kappa shape index (κ3) is 2.22. The van der Waals surface area contributed by atoms with Gasteiger partial charge in [0.2, 0.25) is 0 Å². The normalized spacial score (nSPS) is 11.0. The van der Waals surface area contributed by atoms with Gasteiger partial charge in [-0.3, -0.25) is 4.98 Å². The lowest BCUT2D eigenvalue weighted by molar-refractivity contribution is 0.555. The zero-order chi connectivity index (χ0) is 13.4. The number of fused-ring (bicyclic) bond motifs is 1. The highest BCUT2D eigenvalue weighted by molar-refractivity contribution is 7.99. The average Bonchev–Trinajstić information content (AvgIpc) is 2.71. The maximum absolute atomic E-state index is 13.6. The van der Waals surface area contributed by atoms with Crippen molar-refractivity contribution in [3.63, 3.8) is 0 Å². The molecule has 0 atom stereocenters. The van der Waals surface area contributed by atoms with Crippen molar-refractivity contribution in [2.24, 2.45) is 0 Å². The third-order valence-corrected chi connectivity index (χ3v) is 3.73. The van der Waals surface area contributed by atoms with Crippen molar-refractivity contribution >= 4 is 28.5 Å². The van der Waals surface area contributed by atoms with Crippen LogP contribution in [0.15, 0.2) is 55.4 Å². The second kappa shape index (κ2) is 4.47. The summed E-state index contributed by atoms with van der Waals surface area (Å²) < 4.78 is 18.5. The van der Waals surface area contributed by atoms with E-state index >= 15 is 0 Å². The van der Waals surface area contributed by atoms with Crippen molar-refractivity contribution in [2.45, 2.75) is 9.79 Å². The van der Waals surface area contributed by atoms with E-state index in [1.165, 1.54) is 17.8 Å². The van der Waals surface area contributed by atoms with E-state index in [-0.39, 0.29) is 5.82 Å². The number of rotatable bonds is 2. The van der Waals surface area contributed by atoms with Crippen LogP contribution in [0, 0.1) is 5.82 Å². The lowest BCUT2D eigenvalue weighted by Gasteiger charge is -2.05. The first-order valence-electron chi connectivity index (χ1n) is 5.48. The SMILES string of the molecule is Nc1cc2oc(=O)[nH]c2cc1Sc1ccccc1F. The quantitative estimate of drug-likeness (QED) is 0.706. The van der Waals surface area contributed by atoms with Gasteiger partial charge in [-0.1, -0.05) is 23.9 Å². The van der Waals surface area contributed by atoms with Gasteiger partial charge in [0.05, 0.1) is 5.52 Å². The van der Waals surface area contributed by atoms with E-state index in [0.29, 0.717) is 26.6 Å². The zero-order valence-corrected chi connectivity index (χ0v) is 10.5. The van der Waals surface area contributed by atoms with Crippen LogP contribution < -0.4 is 11.5 Å². The third-order valence-electron chi connectivity index (χ3n) is 2.61. The highest BCUT2D eigenvalue weighted by Gasteiger charge is 2.10. The van der Waals surface area contributed by atoms with Crippen LogP contribution in [-0.4, -0.2) is 4.98 Å². The molecule has 96 valence electrons. The van der Waals surface area contributed by atoms with Crippen LogP contribution >= 0.6 is 11.8 Å². The van der Waals surface area contributed by atoms with E-state index in [9.17, 15) is 9.18 Å². The maximum Gasteiger partial charge on any atom is 0.417 e. The Morgan fingerprint density at radius 3 is 2.79 bits per heavy atom. The van der Waals surface area contributed by atoms with Crippen molar-refractivity contribution in [3.8, 4) is 0 Å². The number of nitrogens with two attached hydrogens (primary N) is 1. The van der Waals surface area contributed by atoms with Gasteiger partial charge in [-0.05, 0) is 18.2 Å². The lowest BCUT2D eigenvalue weighted by atomic mass is 10.3. The molecule has 0 saturated carbocycles. The second-order valence-electron chi connectivity index (χ2n) is 3.93. The standard InChI is InChI=1S/C13H9FN2O2S/c14-7-3-1-2-4-11(7)19-12-6-9-10(5-8(12)15)18-13(17)16-9/h1-6H,15H2,(H,16,17). The molecule has 0 spiro atoms. The largest absolute Gasteiger partial charge is 0.417 e. The number of hydrogen-bond acceptors (Lipinski definition) is 4. The number of anilines is 1. The minimum atomic E-state index is -0.539. The van der Waals surface area contributed by atoms with Crippen molar-refractivity contribution in [3.05, 3.63) is 52.8 Å². The summed E-state index contributed by atoms with van der Waals surface area (Å²) >= 11 is 1.20. The average molecular weight is 276 g/mol. The van der Waals surface area contributed by atoms with Gasteiger partial charge >= 0.3 is 5.76 Å². The Morgan fingerprint density at radius 2 is 2.00 bits per heavy atom. The minimum absolute atomic E-state index is 0.312. The molecule has 0 fully saturated rings. The fourth-order valence-corrected chi connectivity index (χ4v) is 2.63. The molecule has 0 aliphatic heterocycles. The molecule has 2 aromatic carbocycles. The number of nitrogens with one attached hydrogen (secondary N) is 1. The molecular weight excluding hydrogens is 267 g/mol. The lowest BCUT2D eigenvalue weighted by Crippen LogP contribution is -1.93. The Bertz CT molecular complexity index is 810. The Balaban J connectivity index is 2.07. The fourth-order valence-electron chi connectivity index (χ4n) is 1.73. The summed E-state index contributed by atoms with van der Waals surface area (Å²) in [6, 6.07) is 9.65. The van der Waals surface area contributed by atoms with Gasteiger partial charge in [-0.15, -0.1) is 0 Å². The number of aromatic amines is 1. The molecule has 3 rings (SSSR count). The van der Waals surface area contributed by atoms with Crippen LogP contribution in [0.4, 0.5) is 10.1 Å². The predicted molar refractivity (Wildman–Crippen MR) is 71.8 cm³/mol. The van der Waals surface area contributed by atoms with Gasteiger partial charge in [0.15, 0.2) is 5.58 Å². The summed E-state index contributed by atoms with van der Waals surface area (Å²) in [5.41, 5.74) is 7.24. The van der Waals surface area contributed by atoms with Gasteiger partial charge in [0.25, 0.3) is 0 Å². The van der Waals surface area contributed by atoms with Crippen molar-refractivity contribution in [1.29, 1.82) is 0 Å². The monoisotopic (exact) mass is 276 g/mol. The molecule has 3 N–H and O–H groups in total. The first-order valence-corrected chi connectivity index (χ1v) is 6.30. The summed E-state index contributed by atoms with van der Waals surface area (Å²) in [6.45, 7) is 0. The summed E-state index contributed by atoms with van der Waals surface area (Å²) in [5.74, 6) is -0.852. The molecule has 0 saturated heterocycles. The molecule has 0 bridgehead atoms. The Morgan fingerprint density at radius 1 is 1.21 bits per heavy atom. The van der Waals surface area contributed by atoms with E-state index in [1.54, 1.807) is 30.3 Å². The van der Waals surface area contributed by atoms with E-state index in [0.717, 1.165) is 0 Å². The molecule has 0 amide bonds. The van der Waals surface area contributed by atoms with E-state index in [4.69, 9.17) is 10.2 Å². The number of H-pyrrole nitrogens is 1. The second-order valence-corrected chi connectivity index (χ2v) is 5.02. The van der Waals surface area contributed by atoms with Gasteiger partial charge in [-0.2, -0.15) is 0 Å². The van der Waals surface area contributed by atoms with Gasteiger partial charge in [-0.25, -0.2) is 9.18 Å². The number of nitrogen functional groups attached to an aromatic ring is 1. The predicted octanol–water partition coefficient (Wildman–Crippen LogP) is 2.99. The number of aromatic nitrogens is 1. The smallest absolute Gasteiger partial charge is 0.408 e. The summed E-state index contributed by atoms with van der Waals surface area (Å²) in [6.07, 6.45) is 0. The Labute approximate surface area is 111 Å². The summed E-state index contributed by atoms with van der Waals surface area (Å²) in [7, 11) is 0. The van der Waals surface area contributed by atoms with Crippen molar-refractivity contribution in [1.82, 2.24) is 4.98 Å².